The lowest BCUT2D eigenvalue weighted by Crippen LogP contribution is -2.06. The lowest BCUT2D eigenvalue weighted by Gasteiger charge is -2.12. The number of rotatable bonds is 9. The number of methoxy groups -OCH3 is 1. The standard InChI is InChI=1S/C29H24N6O11S3.O3S/c1-15(36)31-21-13-23(34-32-20-10-9-19(30)29-17(20)6-4-8-27(29)48(40,41)42)25(46-2)14-22(21)33-35-24-12-18-16(11-28(24)49(43,44)45)5-3-7-26(18)47(37,38)39;1-4(2)3/h3-14H,30H2,1-2H3,(H,31,36)(H,37,38,39)(H,40,41,42)(H,43,44,45);. The fourth-order valence-electron chi connectivity index (χ4n) is 4.85. The van der Waals surface area contributed by atoms with Crippen molar-refractivity contribution in [3.63, 3.8) is 0 Å². The Kier molecular flexibility index (Phi) is 11.7. The van der Waals surface area contributed by atoms with Gasteiger partial charge in [-0.3, -0.25) is 18.5 Å². The molecule has 5 rings (SSSR count). The number of nitrogens with two attached hydrogens (primary N) is 1. The highest BCUT2D eigenvalue weighted by atomic mass is 32.2. The molecule has 0 fully saturated rings. The Morgan fingerprint density at radius 1 is 0.679 bits per heavy atom. The number of ether oxygens (including phenoxy) is 1. The third-order valence-corrected chi connectivity index (χ3v) is 9.59. The summed E-state index contributed by atoms with van der Waals surface area (Å²) in [6.45, 7) is 1.19. The minimum Gasteiger partial charge on any atom is -0.494 e. The van der Waals surface area contributed by atoms with Gasteiger partial charge in [-0.05, 0) is 47.9 Å². The van der Waals surface area contributed by atoms with Gasteiger partial charge in [-0.25, -0.2) is 0 Å². The molecule has 24 heteroatoms. The van der Waals surface area contributed by atoms with Gasteiger partial charge < -0.3 is 15.8 Å². The van der Waals surface area contributed by atoms with Gasteiger partial charge in [-0.2, -0.15) is 25.3 Å². The van der Waals surface area contributed by atoms with Crippen LogP contribution in [0, 0.1) is 0 Å². The maximum Gasteiger partial charge on any atom is 0.425 e. The molecule has 6 N–H and O–H groups in total. The molecule has 5 aromatic carbocycles. The van der Waals surface area contributed by atoms with Gasteiger partial charge in [0.2, 0.25) is 5.91 Å². The van der Waals surface area contributed by atoms with Gasteiger partial charge >= 0.3 is 10.6 Å². The van der Waals surface area contributed by atoms with Gasteiger partial charge in [0.25, 0.3) is 30.4 Å². The van der Waals surface area contributed by atoms with Crippen molar-refractivity contribution in [3.05, 3.63) is 72.8 Å². The first kappa shape index (κ1) is 40.0. The van der Waals surface area contributed by atoms with Crippen molar-refractivity contribution in [2.75, 3.05) is 18.2 Å². The number of nitrogen functional groups attached to an aromatic ring is 1. The summed E-state index contributed by atoms with van der Waals surface area (Å²) in [6, 6.07) is 15.1. The van der Waals surface area contributed by atoms with Crippen LogP contribution in [-0.2, 0) is 45.8 Å². The van der Waals surface area contributed by atoms with E-state index in [1.54, 1.807) is 0 Å². The van der Waals surface area contributed by atoms with Crippen molar-refractivity contribution in [2.45, 2.75) is 21.6 Å². The Morgan fingerprint density at radius 3 is 1.81 bits per heavy atom. The van der Waals surface area contributed by atoms with Crippen LogP contribution < -0.4 is 15.8 Å². The molecule has 20 nitrogen and oxygen atoms in total. The van der Waals surface area contributed by atoms with Crippen LogP contribution >= 0.6 is 0 Å². The number of anilines is 2. The second-order valence-electron chi connectivity index (χ2n) is 10.4. The van der Waals surface area contributed by atoms with E-state index >= 15 is 0 Å². The van der Waals surface area contributed by atoms with Gasteiger partial charge in [-0.1, -0.05) is 24.3 Å². The summed E-state index contributed by atoms with van der Waals surface area (Å²) in [5.74, 6) is -0.541. The van der Waals surface area contributed by atoms with Crippen LogP contribution in [0.15, 0.2) is 108 Å². The van der Waals surface area contributed by atoms with Crippen molar-refractivity contribution >= 4 is 103 Å². The van der Waals surface area contributed by atoms with Crippen LogP contribution in [0.2, 0.25) is 0 Å². The highest BCUT2D eigenvalue weighted by Crippen LogP contribution is 2.42. The van der Waals surface area contributed by atoms with Crippen LogP contribution in [0.25, 0.3) is 21.5 Å². The van der Waals surface area contributed by atoms with Gasteiger partial charge in [0.15, 0.2) is 0 Å². The third-order valence-electron chi connectivity index (χ3n) is 6.90. The van der Waals surface area contributed by atoms with Gasteiger partial charge in [0.1, 0.15) is 37.5 Å². The number of benzene rings is 5. The number of amides is 1. The van der Waals surface area contributed by atoms with Crippen LogP contribution in [-0.4, -0.2) is 64.6 Å². The quantitative estimate of drug-likeness (QED) is 0.0734. The van der Waals surface area contributed by atoms with E-state index in [1.165, 1.54) is 68.6 Å². The van der Waals surface area contributed by atoms with Crippen molar-refractivity contribution in [1.29, 1.82) is 0 Å². The minimum atomic E-state index is -4.93. The van der Waals surface area contributed by atoms with Gasteiger partial charge in [-0.15, -0.1) is 33.1 Å². The molecule has 0 aliphatic heterocycles. The molecule has 0 atom stereocenters. The molecular weight excluding hydrogens is 785 g/mol. The second-order valence-corrected chi connectivity index (χ2v) is 15.0. The average molecular weight is 809 g/mol. The van der Waals surface area contributed by atoms with E-state index in [0.29, 0.717) is 0 Å². The summed E-state index contributed by atoms with van der Waals surface area (Å²) in [5, 5.41) is 19.0. The smallest absolute Gasteiger partial charge is 0.425 e. The zero-order valence-electron chi connectivity index (χ0n) is 26.8. The van der Waals surface area contributed by atoms with E-state index in [4.69, 9.17) is 23.1 Å². The predicted octanol–water partition coefficient (Wildman–Crippen LogP) is 5.11. The number of hydrogen-bond donors (Lipinski definition) is 5. The van der Waals surface area contributed by atoms with E-state index < -0.39 is 67.2 Å². The molecule has 53 heavy (non-hydrogen) atoms. The number of nitrogens with one attached hydrogen (secondary N) is 1. The molecule has 0 heterocycles. The fourth-order valence-corrected chi connectivity index (χ4v) is 6.93. The lowest BCUT2D eigenvalue weighted by molar-refractivity contribution is -0.114. The molecule has 0 saturated carbocycles. The minimum absolute atomic E-state index is 0.0183. The van der Waals surface area contributed by atoms with E-state index in [0.717, 1.165) is 18.2 Å². The Morgan fingerprint density at radius 2 is 1.23 bits per heavy atom. The Labute approximate surface area is 301 Å². The Balaban J connectivity index is 0.00000149. The number of carbonyl (C=O) groups excluding carboxylic acids is 1. The molecule has 0 bridgehead atoms. The molecule has 0 aliphatic rings. The molecule has 0 saturated heterocycles. The highest BCUT2D eigenvalue weighted by molar-refractivity contribution is 7.86. The van der Waals surface area contributed by atoms with Crippen molar-refractivity contribution in [2.24, 2.45) is 20.5 Å². The summed E-state index contributed by atoms with van der Waals surface area (Å²) >= 11 is 0. The monoisotopic (exact) mass is 808 g/mol. The SMILES string of the molecule is COc1cc(N=Nc2cc3c(S(=O)(=O)O)cccc3cc2S(=O)(=O)O)c(NC(C)=O)cc1N=Nc1ccc(N)c2c(S(=O)(=O)O)cccc12.O=S(=O)=O. The normalized spacial score (nSPS) is 12.2. The largest absolute Gasteiger partial charge is 0.494 e. The van der Waals surface area contributed by atoms with Crippen molar-refractivity contribution in [3.8, 4) is 5.75 Å². The Bertz CT molecular complexity index is 2820. The van der Waals surface area contributed by atoms with E-state index in [2.05, 4.69) is 25.8 Å². The van der Waals surface area contributed by atoms with Crippen LogP contribution in [0.3, 0.4) is 0 Å². The number of fused-ring (bicyclic) bond motifs is 2. The molecule has 0 aromatic heterocycles. The molecule has 0 spiro atoms. The molecule has 0 unspecified atom stereocenters. The zero-order chi connectivity index (χ0) is 39.5. The van der Waals surface area contributed by atoms with Gasteiger partial charge in [0.05, 0.1) is 18.5 Å². The topological polar surface area (TPSA) is 328 Å². The van der Waals surface area contributed by atoms with Crippen LogP contribution in [0.1, 0.15) is 6.92 Å². The number of carbonyl (C=O) groups is 1. The molecule has 5 aromatic rings. The summed E-state index contributed by atoms with van der Waals surface area (Å²) in [4.78, 5) is 10.4. The van der Waals surface area contributed by atoms with Crippen molar-refractivity contribution in [1.82, 2.24) is 0 Å². The summed E-state index contributed by atoms with van der Waals surface area (Å²) in [6.07, 6.45) is 0. The maximum absolute atomic E-state index is 12.2. The first-order valence-corrected chi connectivity index (χ1v) is 19.3. The first-order valence-electron chi connectivity index (χ1n) is 14.0. The lowest BCUT2D eigenvalue weighted by atomic mass is 10.1. The highest BCUT2D eigenvalue weighted by Gasteiger charge is 2.22. The van der Waals surface area contributed by atoms with Crippen LogP contribution in [0.5, 0.6) is 5.75 Å². The van der Waals surface area contributed by atoms with E-state index in [1.807, 2.05) is 0 Å². The third kappa shape index (κ3) is 9.57. The molecule has 1 amide bonds. The van der Waals surface area contributed by atoms with E-state index in [9.17, 15) is 43.7 Å². The molecule has 0 aliphatic carbocycles. The summed E-state index contributed by atoms with van der Waals surface area (Å²) in [7, 11) is -16.2. The second kappa shape index (κ2) is 15.5. The number of nitrogens with zero attached hydrogens (tertiary/aromatic N) is 4. The molecule has 278 valence electrons. The molecule has 0 radical (unpaired) electrons. The summed E-state index contributed by atoms with van der Waals surface area (Å²) in [5.41, 5.74) is 5.61. The van der Waals surface area contributed by atoms with Gasteiger partial charge in [0, 0.05) is 34.8 Å². The maximum atomic E-state index is 12.2. The Hall–Kier alpha value is -5.76. The molecular formula is C29H24N6O14S4. The van der Waals surface area contributed by atoms with Crippen LogP contribution in [0.4, 0.5) is 34.1 Å². The van der Waals surface area contributed by atoms with E-state index in [-0.39, 0.29) is 55.7 Å². The van der Waals surface area contributed by atoms with Crippen molar-refractivity contribution < 1.29 is 61.1 Å². The summed E-state index contributed by atoms with van der Waals surface area (Å²) < 4.78 is 132. The first-order chi connectivity index (χ1) is 24.6. The fraction of sp³-hybridized carbons (Fsp3) is 0.0690. The predicted molar refractivity (Wildman–Crippen MR) is 187 cm³/mol. The number of hydrogen-bond acceptors (Lipinski definition) is 16. The zero-order valence-corrected chi connectivity index (χ0v) is 30.0. The number of azo groups is 2. The average Bonchev–Trinajstić information content (AvgIpc) is 3.04.